The first-order valence-corrected chi connectivity index (χ1v) is 7.80. The maximum Gasteiger partial charge on any atom is 0.354 e. The average molecular weight is 316 g/mol. The number of hydrogen-bond acceptors (Lipinski definition) is 4. The van der Waals surface area contributed by atoms with Crippen LogP contribution in [0.5, 0.6) is 0 Å². The minimum atomic E-state index is -0.464. The third-order valence-corrected chi connectivity index (χ3v) is 4.15. The van der Waals surface area contributed by atoms with Crippen molar-refractivity contribution in [3.8, 4) is 11.5 Å². The fourth-order valence-corrected chi connectivity index (χ4v) is 2.94. The maximum atomic E-state index is 12.6. The van der Waals surface area contributed by atoms with Crippen molar-refractivity contribution in [1.82, 2.24) is 9.47 Å². The van der Waals surface area contributed by atoms with E-state index in [0.717, 1.165) is 25.9 Å². The van der Waals surface area contributed by atoms with Gasteiger partial charge in [0.25, 0.3) is 0 Å². The third kappa shape index (κ3) is 3.16. The predicted molar refractivity (Wildman–Crippen MR) is 83.9 cm³/mol. The molecule has 0 saturated carbocycles. The Balaban J connectivity index is 1.90. The van der Waals surface area contributed by atoms with Crippen LogP contribution in [-0.4, -0.2) is 41.5 Å². The van der Waals surface area contributed by atoms with E-state index in [0.29, 0.717) is 17.1 Å². The van der Waals surface area contributed by atoms with E-state index in [1.807, 2.05) is 4.90 Å². The van der Waals surface area contributed by atoms with Gasteiger partial charge in [-0.3, -0.25) is 4.79 Å². The number of hydrogen-bond donors (Lipinski definition) is 0. The first-order chi connectivity index (χ1) is 11.2. The Hall–Kier alpha value is -2.50. The first kappa shape index (κ1) is 15.4. The van der Waals surface area contributed by atoms with Gasteiger partial charge in [-0.1, -0.05) is 0 Å². The number of carbonyl (C=O) groups is 2. The van der Waals surface area contributed by atoms with Gasteiger partial charge in [0.1, 0.15) is 18.0 Å². The zero-order valence-electron chi connectivity index (χ0n) is 13.2. The van der Waals surface area contributed by atoms with Crippen molar-refractivity contribution in [2.45, 2.75) is 25.8 Å². The van der Waals surface area contributed by atoms with Crippen LogP contribution in [0, 0.1) is 0 Å². The summed E-state index contributed by atoms with van der Waals surface area (Å²) in [5, 5.41) is 0. The largest absolute Gasteiger partial charge is 0.464 e. The molecule has 3 rings (SSSR count). The number of piperidine rings is 1. The molecular weight excluding hydrogens is 296 g/mol. The number of likely N-dealkylation sites (tertiary alicyclic amines) is 1. The van der Waals surface area contributed by atoms with Crippen LogP contribution in [0.4, 0.5) is 0 Å². The van der Waals surface area contributed by atoms with Gasteiger partial charge in [-0.2, -0.15) is 0 Å². The van der Waals surface area contributed by atoms with Gasteiger partial charge in [-0.05, 0) is 43.5 Å². The molecule has 0 unspecified atom stereocenters. The van der Waals surface area contributed by atoms with Crippen molar-refractivity contribution in [3.05, 3.63) is 36.2 Å². The van der Waals surface area contributed by atoms with E-state index in [1.165, 1.54) is 13.5 Å². The molecule has 23 heavy (non-hydrogen) atoms. The second-order valence-electron chi connectivity index (χ2n) is 5.60. The quantitative estimate of drug-likeness (QED) is 0.813. The van der Waals surface area contributed by atoms with Crippen LogP contribution in [0.1, 0.15) is 29.8 Å². The molecule has 6 heteroatoms. The summed E-state index contributed by atoms with van der Waals surface area (Å²) >= 11 is 0. The van der Waals surface area contributed by atoms with Gasteiger partial charge in [0.15, 0.2) is 0 Å². The number of furan rings is 1. The molecule has 2 aromatic heterocycles. The third-order valence-electron chi connectivity index (χ3n) is 4.15. The molecule has 0 radical (unpaired) electrons. The summed E-state index contributed by atoms with van der Waals surface area (Å²) in [4.78, 5) is 26.4. The molecule has 1 saturated heterocycles. The number of carbonyl (C=O) groups excluding carboxylic acids is 2. The van der Waals surface area contributed by atoms with E-state index in [1.54, 1.807) is 35.1 Å². The molecule has 122 valence electrons. The predicted octanol–water partition coefficient (Wildman–Crippen LogP) is 2.55. The van der Waals surface area contributed by atoms with Crippen LogP contribution >= 0.6 is 0 Å². The molecule has 1 aliphatic rings. The number of aromatic nitrogens is 1. The Morgan fingerprint density at radius 3 is 2.61 bits per heavy atom. The first-order valence-electron chi connectivity index (χ1n) is 7.80. The Morgan fingerprint density at radius 2 is 1.96 bits per heavy atom. The zero-order chi connectivity index (χ0) is 16.2. The van der Waals surface area contributed by atoms with E-state index in [4.69, 9.17) is 9.15 Å². The SMILES string of the molecule is COC(=O)c1ccc(-c2ccco2)n1CC(=O)N1CCCCC1. The van der Waals surface area contributed by atoms with Crippen LogP contribution in [0.2, 0.25) is 0 Å². The molecule has 0 N–H and O–H groups in total. The smallest absolute Gasteiger partial charge is 0.354 e. The van der Waals surface area contributed by atoms with Crippen molar-refractivity contribution in [1.29, 1.82) is 0 Å². The number of ether oxygens (including phenoxy) is 1. The Morgan fingerprint density at radius 1 is 1.17 bits per heavy atom. The van der Waals surface area contributed by atoms with Gasteiger partial charge in [-0.25, -0.2) is 4.79 Å². The standard InChI is InChI=1S/C17H20N2O4/c1-22-17(21)14-8-7-13(15-6-5-11-23-15)19(14)12-16(20)18-9-3-2-4-10-18/h5-8,11H,2-4,9-10,12H2,1H3. The summed E-state index contributed by atoms with van der Waals surface area (Å²) in [7, 11) is 1.33. The normalized spacial score (nSPS) is 14.7. The van der Waals surface area contributed by atoms with Crippen LogP contribution in [0.15, 0.2) is 34.9 Å². The summed E-state index contributed by atoms with van der Waals surface area (Å²) in [6, 6.07) is 7.01. The molecule has 1 amide bonds. The fourth-order valence-electron chi connectivity index (χ4n) is 2.94. The lowest BCUT2D eigenvalue weighted by molar-refractivity contribution is -0.132. The van der Waals surface area contributed by atoms with E-state index in [-0.39, 0.29) is 12.5 Å². The van der Waals surface area contributed by atoms with Crippen LogP contribution in [-0.2, 0) is 16.1 Å². The highest BCUT2D eigenvalue weighted by atomic mass is 16.5. The van der Waals surface area contributed by atoms with Crippen LogP contribution in [0.25, 0.3) is 11.5 Å². The molecular formula is C17H20N2O4. The van der Waals surface area contributed by atoms with E-state index < -0.39 is 5.97 Å². The van der Waals surface area contributed by atoms with Crippen LogP contribution < -0.4 is 0 Å². The van der Waals surface area contributed by atoms with Gasteiger partial charge >= 0.3 is 5.97 Å². The Kier molecular flexibility index (Phi) is 4.50. The molecule has 2 aromatic rings. The lowest BCUT2D eigenvalue weighted by atomic mass is 10.1. The summed E-state index contributed by atoms with van der Waals surface area (Å²) < 4.78 is 11.9. The molecule has 0 bridgehead atoms. The number of amides is 1. The summed E-state index contributed by atoms with van der Waals surface area (Å²) in [6.07, 6.45) is 4.80. The Bertz CT molecular complexity index is 682. The van der Waals surface area contributed by atoms with Gasteiger partial charge in [0.05, 0.1) is 19.1 Å². The number of rotatable bonds is 4. The van der Waals surface area contributed by atoms with E-state index in [2.05, 4.69) is 0 Å². The highest BCUT2D eigenvalue weighted by Crippen LogP contribution is 2.24. The molecule has 0 aliphatic carbocycles. The van der Waals surface area contributed by atoms with Crippen molar-refractivity contribution in [2.24, 2.45) is 0 Å². The minimum absolute atomic E-state index is 0.0128. The minimum Gasteiger partial charge on any atom is -0.464 e. The number of esters is 1. The molecule has 1 fully saturated rings. The van der Waals surface area contributed by atoms with Gasteiger partial charge < -0.3 is 18.6 Å². The van der Waals surface area contributed by atoms with Gasteiger partial charge in [-0.15, -0.1) is 0 Å². The van der Waals surface area contributed by atoms with Gasteiger partial charge in [0, 0.05) is 13.1 Å². The lowest BCUT2D eigenvalue weighted by Gasteiger charge is -2.27. The molecule has 0 aromatic carbocycles. The maximum absolute atomic E-state index is 12.6. The molecule has 0 spiro atoms. The number of nitrogens with zero attached hydrogens (tertiary/aromatic N) is 2. The molecule has 0 atom stereocenters. The van der Waals surface area contributed by atoms with Crippen molar-refractivity contribution < 1.29 is 18.7 Å². The van der Waals surface area contributed by atoms with Crippen molar-refractivity contribution >= 4 is 11.9 Å². The molecule has 3 heterocycles. The topological polar surface area (TPSA) is 64.7 Å². The second-order valence-corrected chi connectivity index (χ2v) is 5.60. The van der Waals surface area contributed by atoms with Gasteiger partial charge in [0.2, 0.25) is 5.91 Å². The molecule has 1 aliphatic heterocycles. The van der Waals surface area contributed by atoms with E-state index in [9.17, 15) is 9.59 Å². The molecule has 6 nitrogen and oxygen atoms in total. The number of methoxy groups -OCH3 is 1. The van der Waals surface area contributed by atoms with Crippen molar-refractivity contribution in [2.75, 3.05) is 20.2 Å². The summed E-state index contributed by atoms with van der Waals surface area (Å²) in [5.74, 6) is 0.166. The highest BCUT2D eigenvalue weighted by molar-refractivity contribution is 5.90. The van der Waals surface area contributed by atoms with Crippen molar-refractivity contribution in [3.63, 3.8) is 0 Å². The Labute approximate surface area is 134 Å². The van der Waals surface area contributed by atoms with E-state index >= 15 is 0 Å². The average Bonchev–Trinajstić information content (AvgIpc) is 3.24. The lowest BCUT2D eigenvalue weighted by Crippen LogP contribution is -2.38. The highest BCUT2D eigenvalue weighted by Gasteiger charge is 2.23. The second kappa shape index (κ2) is 6.73. The zero-order valence-corrected chi connectivity index (χ0v) is 13.2. The monoisotopic (exact) mass is 316 g/mol. The fraction of sp³-hybridized carbons (Fsp3) is 0.412. The van der Waals surface area contributed by atoms with Crippen LogP contribution in [0.3, 0.4) is 0 Å². The summed E-state index contributed by atoms with van der Waals surface area (Å²) in [6.45, 7) is 1.67. The summed E-state index contributed by atoms with van der Waals surface area (Å²) in [5.41, 5.74) is 1.05.